The quantitative estimate of drug-likeness (QED) is 0.522. The molecule has 0 aliphatic carbocycles. The molecule has 0 saturated carbocycles. The normalized spacial score (nSPS) is 16.0. The van der Waals surface area contributed by atoms with E-state index in [9.17, 15) is 4.79 Å². The molecule has 28 heavy (non-hydrogen) atoms. The Morgan fingerprint density at radius 2 is 1.57 bits per heavy atom. The lowest BCUT2D eigenvalue weighted by molar-refractivity contribution is 0.0569. The summed E-state index contributed by atoms with van der Waals surface area (Å²) in [6.07, 6.45) is 0.487. The second-order valence-electron chi connectivity index (χ2n) is 8.19. The molecule has 0 fully saturated rings. The largest absolute Gasteiger partial charge is 0.443 e. The van der Waals surface area contributed by atoms with Crippen molar-refractivity contribution in [1.29, 1.82) is 0 Å². The standard InChI is InChI=1S/C25H25NO2/c1-25(2,3)28-24(27)26-22-15-8-7-12-21(22)17-23(26)20-14-9-13-19(16-20)18-10-5-4-6-11-18/h4-16,23H,17H2,1-3H3. The van der Waals surface area contributed by atoms with E-state index in [-0.39, 0.29) is 12.1 Å². The number of amides is 1. The van der Waals surface area contributed by atoms with Crippen LogP contribution >= 0.6 is 0 Å². The summed E-state index contributed by atoms with van der Waals surface area (Å²) in [6, 6.07) is 26.8. The predicted molar refractivity (Wildman–Crippen MR) is 113 cm³/mol. The van der Waals surface area contributed by atoms with Gasteiger partial charge in [-0.25, -0.2) is 4.79 Å². The molecule has 1 aliphatic rings. The van der Waals surface area contributed by atoms with Crippen LogP contribution in [0.3, 0.4) is 0 Å². The van der Waals surface area contributed by atoms with Gasteiger partial charge in [-0.05, 0) is 61.6 Å². The van der Waals surface area contributed by atoms with Gasteiger partial charge in [-0.1, -0.05) is 66.7 Å². The van der Waals surface area contributed by atoms with Crippen LogP contribution < -0.4 is 4.90 Å². The molecule has 0 spiro atoms. The van der Waals surface area contributed by atoms with Crippen LogP contribution in [0.15, 0.2) is 78.9 Å². The van der Waals surface area contributed by atoms with Gasteiger partial charge in [0.2, 0.25) is 0 Å². The van der Waals surface area contributed by atoms with Gasteiger partial charge in [-0.2, -0.15) is 0 Å². The number of rotatable bonds is 2. The van der Waals surface area contributed by atoms with Crippen molar-refractivity contribution in [2.75, 3.05) is 4.90 Å². The Morgan fingerprint density at radius 3 is 2.32 bits per heavy atom. The molecule has 4 rings (SSSR count). The Morgan fingerprint density at radius 1 is 0.893 bits per heavy atom. The zero-order valence-electron chi connectivity index (χ0n) is 16.6. The number of hydrogen-bond acceptors (Lipinski definition) is 2. The van der Waals surface area contributed by atoms with E-state index in [2.05, 4.69) is 42.5 Å². The first-order valence-corrected chi connectivity index (χ1v) is 9.68. The number of nitrogens with zero attached hydrogens (tertiary/aromatic N) is 1. The lowest BCUT2D eigenvalue weighted by atomic mass is 9.97. The Kier molecular flexibility index (Phi) is 4.68. The lowest BCUT2D eigenvalue weighted by Crippen LogP contribution is -2.37. The molecule has 0 saturated heterocycles. The highest BCUT2D eigenvalue weighted by Gasteiger charge is 2.37. The van der Waals surface area contributed by atoms with Gasteiger partial charge in [0.1, 0.15) is 5.60 Å². The van der Waals surface area contributed by atoms with Gasteiger partial charge in [0.05, 0.1) is 11.7 Å². The number of carbonyl (C=O) groups excluding carboxylic acids is 1. The first-order chi connectivity index (χ1) is 13.4. The number of anilines is 1. The van der Waals surface area contributed by atoms with Crippen LogP contribution in [0.4, 0.5) is 10.5 Å². The second kappa shape index (κ2) is 7.16. The fraction of sp³-hybridized carbons (Fsp3) is 0.240. The first kappa shape index (κ1) is 18.3. The zero-order valence-corrected chi connectivity index (χ0v) is 16.6. The minimum atomic E-state index is -0.537. The molecule has 1 amide bonds. The van der Waals surface area contributed by atoms with Crippen LogP contribution in [0.25, 0.3) is 11.1 Å². The van der Waals surface area contributed by atoms with E-state index in [4.69, 9.17) is 4.74 Å². The molecule has 1 aliphatic heterocycles. The molecule has 3 nitrogen and oxygen atoms in total. The van der Waals surface area contributed by atoms with Crippen LogP contribution in [0.1, 0.15) is 37.9 Å². The van der Waals surface area contributed by atoms with Crippen molar-refractivity contribution < 1.29 is 9.53 Å². The Bertz CT molecular complexity index is 989. The van der Waals surface area contributed by atoms with E-state index >= 15 is 0 Å². The molecule has 0 aromatic heterocycles. The zero-order chi connectivity index (χ0) is 19.7. The Labute approximate surface area is 166 Å². The number of ether oxygens (including phenoxy) is 1. The highest BCUT2D eigenvalue weighted by molar-refractivity contribution is 5.92. The molecule has 3 heteroatoms. The van der Waals surface area contributed by atoms with Crippen molar-refractivity contribution in [3.63, 3.8) is 0 Å². The van der Waals surface area contributed by atoms with Gasteiger partial charge in [-0.15, -0.1) is 0 Å². The maximum Gasteiger partial charge on any atom is 0.415 e. The first-order valence-electron chi connectivity index (χ1n) is 9.68. The van der Waals surface area contributed by atoms with Gasteiger partial charge in [0.15, 0.2) is 0 Å². The molecule has 0 bridgehead atoms. The van der Waals surface area contributed by atoms with E-state index < -0.39 is 5.60 Å². The smallest absolute Gasteiger partial charge is 0.415 e. The Balaban J connectivity index is 1.73. The van der Waals surface area contributed by atoms with Crippen LogP contribution in [-0.2, 0) is 11.2 Å². The van der Waals surface area contributed by atoms with Crippen molar-refractivity contribution in [3.8, 4) is 11.1 Å². The highest BCUT2D eigenvalue weighted by atomic mass is 16.6. The fourth-order valence-corrected chi connectivity index (χ4v) is 3.75. The second-order valence-corrected chi connectivity index (χ2v) is 8.19. The molecule has 1 unspecified atom stereocenters. The SMILES string of the molecule is CC(C)(C)OC(=O)N1c2ccccc2CC1c1cccc(-c2ccccc2)c1. The molecule has 0 radical (unpaired) electrons. The fourth-order valence-electron chi connectivity index (χ4n) is 3.75. The summed E-state index contributed by atoms with van der Waals surface area (Å²) in [7, 11) is 0. The van der Waals surface area contributed by atoms with Crippen molar-refractivity contribution in [3.05, 3.63) is 90.0 Å². The summed E-state index contributed by atoms with van der Waals surface area (Å²) in [4.78, 5) is 14.9. The number of benzene rings is 3. The van der Waals surface area contributed by atoms with E-state index in [1.54, 1.807) is 0 Å². The minimum absolute atomic E-state index is 0.0732. The van der Waals surface area contributed by atoms with Crippen LogP contribution in [0, 0.1) is 0 Å². The highest BCUT2D eigenvalue weighted by Crippen LogP contribution is 2.41. The van der Waals surface area contributed by atoms with Crippen LogP contribution in [0.2, 0.25) is 0 Å². The molecule has 3 aromatic carbocycles. The van der Waals surface area contributed by atoms with E-state index in [1.807, 2.05) is 62.1 Å². The average molecular weight is 371 g/mol. The average Bonchev–Trinajstić information content (AvgIpc) is 3.07. The van der Waals surface area contributed by atoms with Crippen molar-refractivity contribution in [2.45, 2.75) is 38.8 Å². The molecule has 1 heterocycles. The van der Waals surface area contributed by atoms with Gasteiger partial charge in [0.25, 0.3) is 0 Å². The van der Waals surface area contributed by atoms with E-state index in [0.29, 0.717) is 0 Å². The summed E-state index contributed by atoms with van der Waals surface area (Å²) < 4.78 is 5.73. The summed E-state index contributed by atoms with van der Waals surface area (Å²) in [5.41, 5.74) is 5.01. The van der Waals surface area contributed by atoms with Crippen LogP contribution in [0.5, 0.6) is 0 Å². The molecular formula is C25H25NO2. The topological polar surface area (TPSA) is 29.5 Å². The molecule has 142 valence electrons. The number of fused-ring (bicyclic) bond motifs is 1. The molecule has 1 atom stereocenters. The third-order valence-corrected chi connectivity index (χ3v) is 4.94. The van der Waals surface area contributed by atoms with Crippen molar-refractivity contribution >= 4 is 11.8 Å². The molecular weight excluding hydrogens is 346 g/mol. The molecule has 0 N–H and O–H groups in total. The van der Waals surface area contributed by atoms with Gasteiger partial charge < -0.3 is 4.74 Å². The van der Waals surface area contributed by atoms with Crippen LogP contribution in [-0.4, -0.2) is 11.7 Å². The monoisotopic (exact) mass is 371 g/mol. The predicted octanol–water partition coefficient (Wildman–Crippen LogP) is 6.39. The summed E-state index contributed by atoms with van der Waals surface area (Å²) in [5.74, 6) is 0. The van der Waals surface area contributed by atoms with Gasteiger partial charge >= 0.3 is 6.09 Å². The summed E-state index contributed by atoms with van der Waals surface area (Å²) >= 11 is 0. The lowest BCUT2D eigenvalue weighted by Gasteiger charge is -2.29. The minimum Gasteiger partial charge on any atom is -0.443 e. The number of para-hydroxylation sites is 1. The van der Waals surface area contributed by atoms with Crippen molar-refractivity contribution in [1.82, 2.24) is 0 Å². The van der Waals surface area contributed by atoms with E-state index in [0.717, 1.165) is 23.2 Å². The van der Waals surface area contributed by atoms with Gasteiger partial charge in [-0.3, -0.25) is 4.90 Å². The number of carbonyl (C=O) groups is 1. The number of hydrogen-bond donors (Lipinski definition) is 0. The summed E-state index contributed by atoms with van der Waals surface area (Å²) in [5, 5.41) is 0. The third-order valence-electron chi connectivity index (χ3n) is 4.94. The summed E-state index contributed by atoms with van der Waals surface area (Å²) in [6.45, 7) is 5.70. The van der Waals surface area contributed by atoms with E-state index in [1.165, 1.54) is 11.1 Å². The third kappa shape index (κ3) is 3.65. The van der Waals surface area contributed by atoms with Gasteiger partial charge in [0, 0.05) is 0 Å². The maximum atomic E-state index is 13.1. The maximum absolute atomic E-state index is 13.1. The Hall–Kier alpha value is -3.07. The van der Waals surface area contributed by atoms with Crippen molar-refractivity contribution in [2.24, 2.45) is 0 Å². The molecule has 3 aromatic rings.